The Hall–Kier alpha value is -2.66. The molecule has 0 bridgehead atoms. The molecule has 0 saturated carbocycles. The second-order valence-corrected chi connectivity index (χ2v) is 5.07. The van der Waals surface area contributed by atoms with Gasteiger partial charge in [-0.1, -0.05) is 23.7 Å². The molecule has 1 amide bonds. The highest BCUT2D eigenvalue weighted by atomic mass is 35.5. The molecule has 4 nitrogen and oxygen atoms in total. The minimum absolute atomic E-state index is 0.305. The summed E-state index contributed by atoms with van der Waals surface area (Å²) < 4.78 is 12.8. The molecule has 1 heterocycles. The number of amides is 1. The Labute approximate surface area is 130 Å². The fraction of sp³-hybridized carbons (Fsp3) is 0. The number of rotatable bonds is 3. The standard InChI is InChI=1S/C16H11ClFN3O/c17-11-3-1-2-10(8-11)14-9-15(21-20-14)16(22)19-13-6-4-12(18)5-7-13/h1-9H,(H,19,22)(H,20,21). The molecule has 0 atom stereocenters. The smallest absolute Gasteiger partial charge is 0.273 e. The summed E-state index contributed by atoms with van der Waals surface area (Å²) in [5.41, 5.74) is 2.24. The van der Waals surface area contributed by atoms with Crippen molar-refractivity contribution in [2.75, 3.05) is 5.32 Å². The fourth-order valence-corrected chi connectivity index (χ4v) is 2.16. The molecule has 0 unspecified atom stereocenters. The molecule has 2 N–H and O–H groups in total. The van der Waals surface area contributed by atoms with Crippen LogP contribution in [0.4, 0.5) is 10.1 Å². The molecule has 0 spiro atoms. The summed E-state index contributed by atoms with van der Waals surface area (Å²) in [6, 6.07) is 14.3. The molecule has 3 aromatic rings. The van der Waals surface area contributed by atoms with E-state index in [0.717, 1.165) is 5.56 Å². The van der Waals surface area contributed by atoms with Crippen molar-refractivity contribution in [1.29, 1.82) is 0 Å². The molecule has 0 saturated heterocycles. The highest BCUT2D eigenvalue weighted by Crippen LogP contribution is 2.21. The van der Waals surface area contributed by atoms with E-state index < -0.39 is 0 Å². The van der Waals surface area contributed by atoms with Crippen LogP contribution < -0.4 is 5.32 Å². The second kappa shape index (κ2) is 5.99. The molecule has 0 aliphatic heterocycles. The third-order valence-electron chi connectivity index (χ3n) is 3.04. The van der Waals surface area contributed by atoms with Crippen LogP contribution in [0.5, 0.6) is 0 Å². The van der Waals surface area contributed by atoms with Crippen molar-refractivity contribution in [1.82, 2.24) is 10.2 Å². The normalized spacial score (nSPS) is 10.5. The zero-order valence-electron chi connectivity index (χ0n) is 11.3. The van der Waals surface area contributed by atoms with Crippen molar-refractivity contribution in [3.05, 3.63) is 71.1 Å². The first-order valence-corrected chi connectivity index (χ1v) is 6.88. The van der Waals surface area contributed by atoms with Crippen LogP contribution in [0.2, 0.25) is 5.02 Å². The van der Waals surface area contributed by atoms with Crippen molar-refractivity contribution >= 4 is 23.2 Å². The third kappa shape index (κ3) is 3.15. The number of nitrogens with zero attached hydrogens (tertiary/aromatic N) is 1. The molecular weight excluding hydrogens is 305 g/mol. The van der Waals surface area contributed by atoms with Crippen molar-refractivity contribution in [2.24, 2.45) is 0 Å². The van der Waals surface area contributed by atoms with Gasteiger partial charge >= 0.3 is 0 Å². The van der Waals surface area contributed by atoms with Gasteiger partial charge in [0.1, 0.15) is 11.5 Å². The Morgan fingerprint density at radius 3 is 2.64 bits per heavy atom. The van der Waals surface area contributed by atoms with E-state index in [9.17, 15) is 9.18 Å². The average molecular weight is 316 g/mol. The van der Waals surface area contributed by atoms with Gasteiger partial charge in [-0.2, -0.15) is 5.10 Å². The molecule has 0 radical (unpaired) electrons. The Morgan fingerprint density at radius 2 is 1.91 bits per heavy atom. The summed E-state index contributed by atoms with van der Waals surface area (Å²) >= 11 is 5.94. The largest absolute Gasteiger partial charge is 0.321 e. The summed E-state index contributed by atoms with van der Waals surface area (Å²) in [6.45, 7) is 0. The van der Waals surface area contributed by atoms with Gasteiger partial charge in [0.2, 0.25) is 0 Å². The highest BCUT2D eigenvalue weighted by molar-refractivity contribution is 6.30. The van der Waals surface area contributed by atoms with Crippen molar-refractivity contribution in [3.63, 3.8) is 0 Å². The van der Waals surface area contributed by atoms with E-state index in [1.54, 1.807) is 18.2 Å². The molecule has 3 rings (SSSR count). The summed E-state index contributed by atoms with van der Waals surface area (Å²) in [6.07, 6.45) is 0. The number of halogens is 2. The van der Waals surface area contributed by atoms with E-state index in [-0.39, 0.29) is 11.7 Å². The van der Waals surface area contributed by atoms with E-state index in [1.165, 1.54) is 24.3 Å². The van der Waals surface area contributed by atoms with Gasteiger partial charge in [0, 0.05) is 16.3 Å². The first-order chi connectivity index (χ1) is 10.6. The van der Waals surface area contributed by atoms with Gasteiger partial charge in [-0.25, -0.2) is 4.39 Å². The van der Waals surface area contributed by atoms with E-state index in [1.807, 2.05) is 12.1 Å². The Balaban J connectivity index is 1.78. The van der Waals surface area contributed by atoms with Gasteiger partial charge < -0.3 is 5.32 Å². The van der Waals surface area contributed by atoms with Crippen LogP contribution in [0.3, 0.4) is 0 Å². The Bertz CT molecular complexity index is 814. The number of hydrogen-bond acceptors (Lipinski definition) is 2. The molecule has 0 aliphatic carbocycles. The molecule has 22 heavy (non-hydrogen) atoms. The van der Waals surface area contributed by atoms with Gasteiger partial charge in [-0.15, -0.1) is 0 Å². The lowest BCUT2D eigenvalue weighted by molar-refractivity contribution is 0.102. The minimum atomic E-state index is -0.359. The Morgan fingerprint density at radius 1 is 1.14 bits per heavy atom. The van der Waals surface area contributed by atoms with E-state index >= 15 is 0 Å². The van der Waals surface area contributed by atoms with Crippen molar-refractivity contribution in [2.45, 2.75) is 0 Å². The van der Waals surface area contributed by atoms with Gasteiger partial charge in [0.15, 0.2) is 0 Å². The van der Waals surface area contributed by atoms with Crippen LogP contribution in [0.15, 0.2) is 54.6 Å². The number of benzene rings is 2. The number of aromatic nitrogens is 2. The molecule has 2 aromatic carbocycles. The number of aromatic amines is 1. The maximum atomic E-state index is 12.8. The predicted molar refractivity (Wildman–Crippen MR) is 83.4 cm³/mol. The molecule has 6 heteroatoms. The summed E-state index contributed by atoms with van der Waals surface area (Å²) in [5.74, 6) is -0.713. The topological polar surface area (TPSA) is 57.8 Å². The molecule has 1 aromatic heterocycles. The highest BCUT2D eigenvalue weighted by Gasteiger charge is 2.11. The van der Waals surface area contributed by atoms with E-state index in [4.69, 9.17) is 11.6 Å². The van der Waals surface area contributed by atoms with Gasteiger partial charge in [-0.05, 0) is 42.5 Å². The number of H-pyrrole nitrogens is 1. The van der Waals surface area contributed by atoms with Gasteiger partial charge in [0.25, 0.3) is 5.91 Å². The van der Waals surface area contributed by atoms with Crippen LogP contribution in [0, 0.1) is 5.82 Å². The zero-order valence-corrected chi connectivity index (χ0v) is 12.1. The number of carbonyl (C=O) groups excluding carboxylic acids is 1. The maximum absolute atomic E-state index is 12.8. The van der Waals surface area contributed by atoms with Crippen LogP contribution in [0.25, 0.3) is 11.3 Å². The van der Waals surface area contributed by atoms with Crippen LogP contribution in [0.1, 0.15) is 10.5 Å². The van der Waals surface area contributed by atoms with E-state index in [0.29, 0.717) is 22.1 Å². The van der Waals surface area contributed by atoms with Gasteiger partial charge in [-0.3, -0.25) is 9.89 Å². The van der Waals surface area contributed by atoms with E-state index in [2.05, 4.69) is 15.5 Å². The van der Waals surface area contributed by atoms with Crippen molar-refractivity contribution < 1.29 is 9.18 Å². The lowest BCUT2D eigenvalue weighted by Crippen LogP contribution is -2.12. The SMILES string of the molecule is O=C(Nc1ccc(F)cc1)c1cc(-c2cccc(Cl)c2)n[nH]1. The summed E-state index contributed by atoms with van der Waals surface area (Å²) in [4.78, 5) is 12.1. The van der Waals surface area contributed by atoms with Crippen LogP contribution in [-0.4, -0.2) is 16.1 Å². The number of carbonyl (C=O) groups is 1. The number of nitrogens with one attached hydrogen (secondary N) is 2. The predicted octanol–water partition coefficient (Wildman–Crippen LogP) is 4.12. The minimum Gasteiger partial charge on any atom is -0.321 e. The maximum Gasteiger partial charge on any atom is 0.273 e. The first-order valence-electron chi connectivity index (χ1n) is 6.50. The monoisotopic (exact) mass is 315 g/mol. The first kappa shape index (κ1) is 14.3. The second-order valence-electron chi connectivity index (χ2n) is 4.64. The number of hydrogen-bond donors (Lipinski definition) is 2. The molecule has 110 valence electrons. The Kier molecular flexibility index (Phi) is 3.89. The van der Waals surface area contributed by atoms with Crippen LogP contribution >= 0.6 is 11.6 Å². The van der Waals surface area contributed by atoms with Gasteiger partial charge in [0.05, 0.1) is 5.69 Å². The fourth-order valence-electron chi connectivity index (χ4n) is 1.97. The summed E-state index contributed by atoms with van der Waals surface area (Å²) in [7, 11) is 0. The molecular formula is C16H11ClFN3O. The molecule has 0 fully saturated rings. The quantitative estimate of drug-likeness (QED) is 0.763. The summed E-state index contributed by atoms with van der Waals surface area (Å²) in [5, 5.41) is 10.0. The van der Waals surface area contributed by atoms with Crippen molar-refractivity contribution in [3.8, 4) is 11.3 Å². The zero-order chi connectivity index (χ0) is 15.5. The lowest BCUT2D eigenvalue weighted by atomic mass is 10.1. The third-order valence-corrected chi connectivity index (χ3v) is 3.28. The average Bonchev–Trinajstić information content (AvgIpc) is 3.00. The lowest BCUT2D eigenvalue weighted by Gasteiger charge is -2.02. The number of anilines is 1. The van der Waals surface area contributed by atoms with Crippen LogP contribution in [-0.2, 0) is 0 Å². The molecule has 0 aliphatic rings.